The number of hydroxylamine groups is 1. The van der Waals surface area contributed by atoms with Crippen molar-refractivity contribution in [2.75, 3.05) is 33.3 Å². The van der Waals surface area contributed by atoms with Crippen LogP contribution in [0.25, 0.3) is 0 Å². The minimum Gasteiger partial charge on any atom is -0.497 e. The Kier molecular flexibility index (Phi) is 11.0. The van der Waals surface area contributed by atoms with Gasteiger partial charge in [0.05, 0.1) is 7.11 Å². The zero-order chi connectivity index (χ0) is 27.3. The van der Waals surface area contributed by atoms with Gasteiger partial charge in [-0.3, -0.25) is 24.4 Å². The van der Waals surface area contributed by atoms with E-state index in [1.165, 1.54) is 0 Å². The van der Waals surface area contributed by atoms with Crippen molar-refractivity contribution >= 4 is 12.3 Å². The summed E-state index contributed by atoms with van der Waals surface area (Å²) in [6.07, 6.45) is 3.75. The Morgan fingerprint density at radius 3 is 2.38 bits per heavy atom. The van der Waals surface area contributed by atoms with E-state index in [4.69, 9.17) is 14.3 Å². The maximum Gasteiger partial charge on any atom is 0.323 e. The fraction of sp³-hybridized carbons (Fsp3) is 0.367. The third-order valence-electron chi connectivity index (χ3n) is 6.75. The van der Waals surface area contributed by atoms with Crippen molar-refractivity contribution in [3.63, 3.8) is 0 Å². The highest BCUT2D eigenvalue weighted by molar-refractivity contribution is 5.76. The Balaban J connectivity index is 1.35. The van der Waals surface area contributed by atoms with Gasteiger partial charge in [-0.15, -0.1) is 0 Å². The minimum atomic E-state index is -0.814. The van der Waals surface area contributed by atoms with Crippen molar-refractivity contribution in [1.82, 2.24) is 20.3 Å². The lowest BCUT2D eigenvalue weighted by Gasteiger charge is -2.38. The molecule has 0 saturated carbocycles. The average molecular weight is 533 g/mol. The number of nitrogens with zero attached hydrogens (tertiary/aromatic N) is 3. The van der Waals surface area contributed by atoms with E-state index < -0.39 is 12.1 Å². The molecule has 0 bridgehead atoms. The zero-order valence-corrected chi connectivity index (χ0v) is 22.3. The third kappa shape index (κ3) is 8.97. The van der Waals surface area contributed by atoms with Crippen molar-refractivity contribution in [2.24, 2.45) is 0 Å². The van der Waals surface area contributed by atoms with Crippen LogP contribution in [0, 0.1) is 0 Å². The van der Waals surface area contributed by atoms with Gasteiger partial charge in [-0.1, -0.05) is 48.5 Å². The second kappa shape index (κ2) is 15.1. The SMILES string of the molecule is COc1ccc(CNOC(C=O)CC(C(=O)OCc2ccccc2)N2CCN(Cc3cccnc3)CC2)cc1. The topological polar surface area (TPSA) is 93.2 Å². The van der Waals surface area contributed by atoms with Gasteiger partial charge in [0, 0.05) is 58.1 Å². The van der Waals surface area contributed by atoms with E-state index >= 15 is 0 Å². The molecule has 2 heterocycles. The number of aldehydes is 1. The first-order valence-electron chi connectivity index (χ1n) is 13.2. The lowest BCUT2D eigenvalue weighted by atomic mass is 10.1. The Morgan fingerprint density at radius 1 is 0.974 bits per heavy atom. The second-order valence-electron chi connectivity index (χ2n) is 9.48. The number of carbonyl (C=O) groups excluding carboxylic acids is 2. The molecule has 1 aromatic heterocycles. The van der Waals surface area contributed by atoms with Crippen LogP contribution in [0.4, 0.5) is 0 Å². The van der Waals surface area contributed by atoms with E-state index in [1.54, 1.807) is 13.3 Å². The van der Waals surface area contributed by atoms with Crippen LogP contribution in [0.1, 0.15) is 23.1 Å². The zero-order valence-electron chi connectivity index (χ0n) is 22.3. The predicted molar refractivity (Wildman–Crippen MR) is 147 cm³/mol. The van der Waals surface area contributed by atoms with E-state index in [-0.39, 0.29) is 19.0 Å². The molecule has 1 N–H and O–H groups in total. The largest absolute Gasteiger partial charge is 0.497 e. The van der Waals surface area contributed by atoms with Crippen LogP contribution in [0.3, 0.4) is 0 Å². The summed E-state index contributed by atoms with van der Waals surface area (Å²) in [5.74, 6) is 0.410. The third-order valence-corrected chi connectivity index (χ3v) is 6.75. The number of hydrogen-bond acceptors (Lipinski definition) is 9. The number of hydrogen-bond donors (Lipinski definition) is 1. The van der Waals surface area contributed by atoms with E-state index in [0.29, 0.717) is 19.6 Å². The van der Waals surface area contributed by atoms with Crippen LogP contribution in [0.15, 0.2) is 79.1 Å². The van der Waals surface area contributed by atoms with E-state index in [1.807, 2.05) is 66.9 Å². The number of nitrogens with one attached hydrogen (secondary N) is 1. The van der Waals surface area contributed by atoms with Gasteiger partial charge in [-0.05, 0) is 34.9 Å². The molecule has 0 aliphatic carbocycles. The summed E-state index contributed by atoms with van der Waals surface area (Å²) in [6.45, 7) is 4.33. The van der Waals surface area contributed by atoms with Gasteiger partial charge in [-0.2, -0.15) is 5.48 Å². The Hall–Kier alpha value is -3.63. The number of piperazine rings is 1. The summed E-state index contributed by atoms with van der Waals surface area (Å²) >= 11 is 0. The molecule has 2 aromatic carbocycles. The molecule has 1 aliphatic heterocycles. The van der Waals surface area contributed by atoms with Gasteiger partial charge in [0.25, 0.3) is 0 Å². The molecule has 0 radical (unpaired) electrons. The van der Waals surface area contributed by atoms with Gasteiger partial charge in [-0.25, -0.2) is 0 Å². The quantitative estimate of drug-likeness (QED) is 0.191. The molecule has 39 heavy (non-hydrogen) atoms. The number of methoxy groups -OCH3 is 1. The Morgan fingerprint density at radius 2 is 1.72 bits per heavy atom. The molecule has 9 nitrogen and oxygen atoms in total. The van der Waals surface area contributed by atoms with Crippen molar-refractivity contribution in [2.45, 2.75) is 38.3 Å². The minimum absolute atomic E-state index is 0.180. The monoisotopic (exact) mass is 532 g/mol. The lowest BCUT2D eigenvalue weighted by Crippen LogP contribution is -2.54. The standard InChI is InChI=1S/C30H36N4O5/c1-37-27-11-9-24(10-12-27)20-32-39-28(22-35)18-29(30(36)38-23-25-6-3-2-4-7-25)34-16-14-33(15-17-34)21-26-8-5-13-31-19-26/h2-13,19,22,28-29,32H,14-18,20-21,23H2,1H3. The van der Waals surface area contributed by atoms with Gasteiger partial charge < -0.3 is 14.3 Å². The summed E-state index contributed by atoms with van der Waals surface area (Å²) in [7, 11) is 1.62. The van der Waals surface area contributed by atoms with Gasteiger partial charge in [0.15, 0.2) is 6.29 Å². The molecule has 1 aliphatic rings. The number of esters is 1. The van der Waals surface area contributed by atoms with E-state index in [2.05, 4.69) is 26.3 Å². The summed E-state index contributed by atoms with van der Waals surface area (Å²) in [5, 5.41) is 0. The van der Waals surface area contributed by atoms with Crippen LogP contribution in [-0.2, 0) is 38.9 Å². The molecule has 206 valence electrons. The summed E-state index contributed by atoms with van der Waals surface area (Å²) in [4.78, 5) is 39.6. The van der Waals surface area contributed by atoms with Gasteiger partial charge in [0.2, 0.25) is 0 Å². The Labute approximate surface area is 229 Å². The number of pyridine rings is 1. The molecule has 1 fully saturated rings. The summed E-state index contributed by atoms with van der Waals surface area (Å²) in [5.41, 5.74) is 5.92. The molecule has 3 aromatic rings. The molecule has 0 amide bonds. The summed E-state index contributed by atoms with van der Waals surface area (Å²) in [6, 6.07) is 20.5. The van der Waals surface area contributed by atoms with E-state index in [0.717, 1.165) is 48.4 Å². The van der Waals surface area contributed by atoms with Crippen LogP contribution >= 0.6 is 0 Å². The molecule has 1 saturated heterocycles. The number of benzene rings is 2. The number of carbonyl (C=O) groups is 2. The maximum atomic E-state index is 13.3. The van der Waals surface area contributed by atoms with Gasteiger partial charge in [0.1, 0.15) is 24.5 Å². The summed E-state index contributed by atoms with van der Waals surface area (Å²) < 4.78 is 10.9. The van der Waals surface area contributed by atoms with Crippen molar-refractivity contribution in [1.29, 1.82) is 0 Å². The first kappa shape index (κ1) is 28.4. The molecule has 4 rings (SSSR count). The first-order valence-corrected chi connectivity index (χ1v) is 13.2. The lowest BCUT2D eigenvalue weighted by molar-refractivity contribution is -0.155. The highest BCUT2D eigenvalue weighted by Crippen LogP contribution is 2.17. The van der Waals surface area contributed by atoms with Crippen LogP contribution in [0.2, 0.25) is 0 Å². The molecule has 2 atom stereocenters. The molecule has 2 unspecified atom stereocenters. The van der Waals surface area contributed by atoms with Crippen LogP contribution in [-0.4, -0.2) is 72.5 Å². The fourth-order valence-corrected chi connectivity index (χ4v) is 4.53. The van der Waals surface area contributed by atoms with Crippen LogP contribution in [0.5, 0.6) is 5.75 Å². The fourth-order valence-electron chi connectivity index (χ4n) is 4.53. The van der Waals surface area contributed by atoms with Gasteiger partial charge >= 0.3 is 5.97 Å². The smallest absolute Gasteiger partial charge is 0.323 e. The highest BCUT2D eigenvalue weighted by atomic mass is 16.7. The predicted octanol–water partition coefficient (Wildman–Crippen LogP) is 3.00. The van der Waals surface area contributed by atoms with Crippen molar-refractivity contribution < 1.29 is 23.9 Å². The van der Waals surface area contributed by atoms with Crippen molar-refractivity contribution in [3.05, 3.63) is 95.8 Å². The van der Waals surface area contributed by atoms with E-state index in [9.17, 15) is 9.59 Å². The number of ether oxygens (including phenoxy) is 2. The highest BCUT2D eigenvalue weighted by Gasteiger charge is 2.33. The molecule has 0 spiro atoms. The second-order valence-corrected chi connectivity index (χ2v) is 9.48. The average Bonchev–Trinajstić information content (AvgIpc) is 2.99. The maximum absolute atomic E-state index is 13.3. The first-order chi connectivity index (χ1) is 19.1. The molecular weight excluding hydrogens is 496 g/mol. The molecule has 9 heteroatoms. The number of rotatable bonds is 14. The van der Waals surface area contributed by atoms with Crippen LogP contribution < -0.4 is 10.2 Å². The normalized spacial score (nSPS) is 15.8. The van der Waals surface area contributed by atoms with Crippen molar-refractivity contribution in [3.8, 4) is 5.75 Å². The molecular formula is C30H36N4O5. The number of aromatic nitrogens is 1. The Bertz CT molecular complexity index is 1140.